The SMILES string of the molecule is O=S(=O)(Nc1cccc(OCCn2cncn2)c1)c1ccc2ccccc2c1. The maximum absolute atomic E-state index is 12.8. The number of ether oxygens (including phenoxy) is 1. The average molecular weight is 394 g/mol. The molecule has 3 aromatic carbocycles. The fraction of sp³-hybridized carbons (Fsp3) is 0.100. The van der Waals surface area contributed by atoms with Gasteiger partial charge in [-0.25, -0.2) is 18.1 Å². The highest BCUT2D eigenvalue weighted by Crippen LogP contribution is 2.23. The van der Waals surface area contributed by atoms with Crippen LogP contribution in [0.15, 0.2) is 84.3 Å². The molecule has 7 nitrogen and oxygen atoms in total. The minimum Gasteiger partial charge on any atom is -0.492 e. The van der Waals surface area contributed by atoms with Gasteiger partial charge in [-0.15, -0.1) is 0 Å². The number of anilines is 1. The molecule has 4 aromatic rings. The lowest BCUT2D eigenvalue weighted by Gasteiger charge is -2.11. The molecule has 0 radical (unpaired) electrons. The van der Waals surface area contributed by atoms with Gasteiger partial charge in [-0.2, -0.15) is 5.10 Å². The van der Waals surface area contributed by atoms with Crippen molar-refractivity contribution in [1.29, 1.82) is 0 Å². The summed E-state index contributed by atoms with van der Waals surface area (Å²) in [5, 5.41) is 5.86. The van der Waals surface area contributed by atoms with E-state index in [4.69, 9.17) is 4.74 Å². The van der Waals surface area contributed by atoms with Gasteiger partial charge in [0.15, 0.2) is 0 Å². The number of fused-ring (bicyclic) bond motifs is 1. The van der Waals surface area contributed by atoms with Gasteiger partial charge in [0.1, 0.15) is 25.0 Å². The first-order chi connectivity index (χ1) is 13.6. The first-order valence-electron chi connectivity index (χ1n) is 8.67. The van der Waals surface area contributed by atoms with Gasteiger partial charge in [0.2, 0.25) is 0 Å². The highest BCUT2D eigenvalue weighted by Gasteiger charge is 2.15. The number of benzene rings is 3. The molecule has 0 bridgehead atoms. The summed E-state index contributed by atoms with van der Waals surface area (Å²) in [5.41, 5.74) is 0.436. The summed E-state index contributed by atoms with van der Waals surface area (Å²) < 4.78 is 35.5. The third kappa shape index (κ3) is 4.12. The lowest BCUT2D eigenvalue weighted by Crippen LogP contribution is -2.13. The van der Waals surface area contributed by atoms with Crippen LogP contribution >= 0.6 is 0 Å². The van der Waals surface area contributed by atoms with Crippen molar-refractivity contribution >= 4 is 26.5 Å². The Morgan fingerprint density at radius 2 is 1.82 bits per heavy atom. The highest BCUT2D eigenvalue weighted by atomic mass is 32.2. The minimum atomic E-state index is -3.71. The Morgan fingerprint density at radius 3 is 2.64 bits per heavy atom. The molecule has 0 atom stereocenters. The van der Waals surface area contributed by atoms with Gasteiger partial charge in [0, 0.05) is 6.07 Å². The molecular weight excluding hydrogens is 376 g/mol. The van der Waals surface area contributed by atoms with Crippen LogP contribution < -0.4 is 9.46 Å². The van der Waals surface area contributed by atoms with E-state index in [1.165, 1.54) is 6.33 Å². The van der Waals surface area contributed by atoms with Gasteiger partial charge >= 0.3 is 0 Å². The van der Waals surface area contributed by atoms with Crippen LogP contribution in [0.3, 0.4) is 0 Å². The smallest absolute Gasteiger partial charge is 0.261 e. The first-order valence-corrected chi connectivity index (χ1v) is 10.2. The van der Waals surface area contributed by atoms with Crippen LogP contribution in [0.5, 0.6) is 5.75 Å². The number of rotatable bonds is 7. The van der Waals surface area contributed by atoms with Gasteiger partial charge in [-0.1, -0.05) is 36.4 Å². The lowest BCUT2D eigenvalue weighted by atomic mass is 10.1. The maximum atomic E-state index is 12.8. The van der Waals surface area contributed by atoms with Crippen LogP contribution in [0.2, 0.25) is 0 Å². The number of hydrogen-bond donors (Lipinski definition) is 1. The molecule has 0 unspecified atom stereocenters. The highest BCUT2D eigenvalue weighted by molar-refractivity contribution is 7.92. The summed E-state index contributed by atoms with van der Waals surface area (Å²) >= 11 is 0. The zero-order chi connectivity index (χ0) is 19.4. The number of nitrogens with one attached hydrogen (secondary N) is 1. The molecule has 0 spiro atoms. The molecule has 0 aliphatic heterocycles. The summed E-state index contributed by atoms with van der Waals surface area (Å²) in [6.07, 6.45) is 3.07. The molecule has 0 saturated heterocycles. The van der Waals surface area contributed by atoms with Crippen LogP contribution in [0.25, 0.3) is 10.8 Å². The summed E-state index contributed by atoms with van der Waals surface area (Å²) in [6, 6.07) is 19.5. The van der Waals surface area contributed by atoms with E-state index >= 15 is 0 Å². The minimum absolute atomic E-state index is 0.212. The molecule has 1 heterocycles. The van der Waals surface area contributed by atoms with E-state index in [1.54, 1.807) is 53.5 Å². The summed E-state index contributed by atoms with van der Waals surface area (Å²) in [7, 11) is -3.71. The molecule has 0 aliphatic carbocycles. The second-order valence-corrected chi connectivity index (χ2v) is 7.83. The van der Waals surface area contributed by atoms with Crippen molar-refractivity contribution in [3.05, 3.63) is 79.4 Å². The first kappa shape index (κ1) is 18.0. The van der Waals surface area contributed by atoms with Gasteiger partial charge in [-0.3, -0.25) is 4.72 Å². The van der Waals surface area contributed by atoms with Crippen molar-refractivity contribution in [2.75, 3.05) is 11.3 Å². The van der Waals surface area contributed by atoms with Crippen LogP contribution in [0, 0.1) is 0 Å². The van der Waals surface area contributed by atoms with Crippen molar-refractivity contribution in [1.82, 2.24) is 14.8 Å². The Labute approximate surface area is 162 Å². The Morgan fingerprint density at radius 1 is 0.964 bits per heavy atom. The topological polar surface area (TPSA) is 86.1 Å². The Hall–Kier alpha value is -3.39. The van der Waals surface area contributed by atoms with E-state index in [1.807, 2.05) is 24.3 Å². The van der Waals surface area contributed by atoms with Crippen LogP contribution in [-0.4, -0.2) is 29.8 Å². The number of nitrogens with zero attached hydrogens (tertiary/aromatic N) is 3. The summed E-state index contributed by atoms with van der Waals surface area (Å²) in [6.45, 7) is 0.942. The van der Waals surface area contributed by atoms with Gasteiger partial charge < -0.3 is 4.74 Å². The number of aromatic nitrogens is 3. The zero-order valence-electron chi connectivity index (χ0n) is 14.9. The van der Waals surface area contributed by atoms with Gasteiger partial charge in [0.25, 0.3) is 10.0 Å². The monoisotopic (exact) mass is 394 g/mol. The van der Waals surface area contributed by atoms with E-state index in [0.717, 1.165) is 10.8 Å². The molecule has 0 fully saturated rings. The van der Waals surface area contributed by atoms with Gasteiger partial charge in [0.05, 0.1) is 17.1 Å². The Bertz CT molecular complexity index is 1190. The molecule has 28 heavy (non-hydrogen) atoms. The number of sulfonamides is 1. The molecule has 0 saturated carbocycles. The quantitative estimate of drug-likeness (QED) is 0.520. The van der Waals surface area contributed by atoms with E-state index in [2.05, 4.69) is 14.8 Å². The molecule has 0 aliphatic rings. The molecule has 1 aromatic heterocycles. The summed E-state index contributed by atoms with van der Waals surface area (Å²) in [5.74, 6) is 0.568. The normalized spacial score (nSPS) is 11.4. The molecule has 1 N–H and O–H groups in total. The fourth-order valence-corrected chi connectivity index (χ4v) is 3.89. The number of hydrogen-bond acceptors (Lipinski definition) is 5. The zero-order valence-corrected chi connectivity index (χ0v) is 15.7. The second kappa shape index (κ2) is 7.69. The molecular formula is C20H18N4O3S. The molecule has 4 rings (SSSR count). The maximum Gasteiger partial charge on any atom is 0.261 e. The van der Waals surface area contributed by atoms with E-state index in [0.29, 0.717) is 24.6 Å². The molecule has 142 valence electrons. The van der Waals surface area contributed by atoms with Crippen LogP contribution in [-0.2, 0) is 16.6 Å². The van der Waals surface area contributed by atoms with E-state index < -0.39 is 10.0 Å². The third-order valence-electron chi connectivity index (χ3n) is 4.17. The van der Waals surface area contributed by atoms with Crippen molar-refractivity contribution < 1.29 is 13.2 Å². The van der Waals surface area contributed by atoms with Gasteiger partial charge in [-0.05, 0) is 35.0 Å². The Balaban J connectivity index is 1.47. The lowest BCUT2D eigenvalue weighted by molar-refractivity contribution is 0.291. The Kier molecular flexibility index (Phi) is 4.94. The third-order valence-corrected chi connectivity index (χ3v) is 5.55. The van der Waals surface area contributed by atoms with Crippen molar-refractivity contribution in [2.45, 2.75) is 11.4 Å². The van der Waals surface area contributed by atoms with E-state index in [-0.39, 0.29) is 4.90 Å². The standard InChI is InChI=1S/C20H18N4O3S/c25-28(26,20-9-8-16-4-1-2-5-17(16)12-20)23-18-6-3-7-19(13-18)27-11-10-24-15-21-14-22-24/h1-9,12-15,23H,10-11H2. The predicted octanol–water partition coefficient (Wildman–Crippen LogP) is 3.31. The van der Waals surface area contributed by atoms with Crippen LogP contribution in [0.4, 0.5) is 5.69 Å². The van der Waals surface area contributed by atoms with Crippen LogP contribution in [0.1, 0.15) is 0 Å². The average Bonchev–Trinajstić information content (AvgIpc) is 3.21. The predicted molar refractivity (Wildman–Crippen MR) is 107 cm³/mol. The molecule has 0 amide bonds. The molecule has 8 heteroatoms. The van der Waals surface area contributed by atoms with Crippen molar-refractivity contribution in [3.63, 3.8) is 0 Å². The van der Waals surface area contributed by atoms with E-state index in [9.17, 15) is 8.42 Å². The second-order valence-electron chi connectivity index (χ2n) is 6.15. The fourth-order valence-electron chi connectivity index (χ4n) is 2.80. The van der Waals surface area contributed by atoms with Crippen molar-refractivity contribution in [2.24, 2.45) is 0 Å². The summed E-state index contributed by atoms with van der Waals surface area (Å²) in [4.78, 5) is 4.08. The van der Waals surface area contributed by atoms with Crippen molar-refractivity contribution in [3.8, 4) is 5.75 Å². The largest absolute Gasteiger partial charge is 0.492 e.